The Morgan fingerprint density at radius 2 is 1.74 bits per heavy atom. The van der Waals surface area contributed by atoms with Crippen LogP contribution < -0.4 is 4.74 Å². The monoisotopic (exact) mass is 367 g/mol. The van der Waals surface area contributed by atoms with Crippen molar-refractivity contribution < 1.29 is 23.8 Å². The average Bonchev–Trinajstić information content (AvgIpc) is 2.61. The second-order valence-corrected chi connectivity index (χ2v) is 6.72. The zero-order valence-corrected chi connectivity index (χ0v) is 15.5. The molecule has 140 valence electrons. The van der Waals surface area contributed by atoms with Crippen molar-refractivity contribution in [3.05, 3.63) is 59.7 Å². The minimum Gasteiger partial charge on any atom is -0.489 e. The predicted molar refractivity (Wildman–Crippen MR) is 99.9 cm³/mol. The van der Waals surface area contributed by atoms with E-state index in [0.29, 0.717) is 18.0 Å². The van der Waals surface area contributed by atoms with Crippen LogP contribution in [0.25, 0.3) is 0 Å². The van der Waals surface area contributed by atoms with E-state index in [0.717, 1.165) is 11.1 Å². The lowest BCUT2D eigenvalue weighted by Crippen LogP contribution is -2.46. The van der Waals surface area contributed by atoms with Gasteiger partial charge in [-0.2, -0.15) is 0 Å². The lowest BCUT2D eigenvalue weighted by Gasteiger charge is -2.31. The van der Waals surface area contributed by atoms with Crippen molar-refractivity contribution in [2.75, 3.05) is 0 Å². The van der Waals surface area contributed by atoms with Crippen molar-refractivity contribution >= 4 is 23.8 Å². The van der Waals surface area contributed by atoms with Crippen LogP contribution in [0, 0.1) is 12.8 Å². The van der Waals surface area contributed by atoms with E-state index < -0.39 is 23.6 Å². The highest BCUT2D eigenvalue weighted by molar-refractivity contribution is 6.10. The first-order valence-corrected chi connectivity index (χ1v) is 8.61. The van der Waals surface area contributed by atoms with Crippen LogP contribution in [0.3, 0.4) is 0 Å². The molecule has 0 aromatic heterocycles. The summed E-state index contributed by atoms with van der Waals surface area (Å²) in [6.07, 6.45) is 1.24. The molecular formula is C21H21NO5. The maximum Gasteiger partial charge on any atom is 0.329 e. The number of aliphatic imine (C=N–C) groups is 1. The van der Waals surface area contributed by atoms with E-state index in [2.05, 4.69) is 4.99 Å². The number of carbonyl (C=O) groups excluding carboxylic acids is 2. The Kier molecular flexibility index (Phi) is 5.26. The summed E-state index contributed by atoms with van der Waals surface area (Å²) in [5, 5.41) is 0. The average molecular weight is 367 g/mol. The molecule has 1 fully saturated rings. The fourth-order valence-corrected chi connectivity index (χ4v) is 2.57. The van der Waals surface area contributed by atoms with E-state index in [9.17, 15) is 9.59 Å². The van der Waals surface area contributed by atoms with Crippen molar-refractivity contribution in [1.82, 2.24) is 0 Å². The van der Waals surface area contributed by atoms with E-state index >= 15 is 0 Å². The van der Waals surface area contributed by atoms with Crippen LogP contribution in [-0.2, 0) is 25.7 Å². The topological polar surface area (TPSA) is 74.2 Å². The summed E-state index contributed by atoms with van der Waals surface area (Å²) in [5.74, 6) is -3.09. The quantitative estimate of drug-likeness (QED) is 0.457. The molecule has 2 aromatic carbocycles. The number of aryl methyl sites for hydroxylation is 1. The summed E-state index contributed by atoms with van der Waals surface area (Å²) in [6, 6.07) is 15.2. The lowest BCUT2D eigenvalue weighted by atomic mass is 10.1. The van der Waals surface area contributed by atoms with Gasteiger partial charge in [-0.05, 0) is 24.1 Å². The normalized spacial score (nSPS) is 16.9. The number of hydrogen-bond acceptors (Lipinski definition) is 6. The molecule has 2 aromatic rings. The van der Waals surface area contributed by atoms with Crippen molar-refractivity contribution in [2.24, 2.45) is 10.9 Å². The predicted octanol–water partition coefficient (Wildman–Crippen LogP) is 3.73. The fraction of sp³-hybridized carbons (Fsp3) is 0.286. The van der Waals surface area contributed by atoms with Gasteiger partial charge < -0.3 is 14.2 Å². The number of hydrogen-bond donors (Lipinski definition) is 0. The van der Waals surface area contributed by atoms with Crippen LogP contribution in [0.4, 0.5) is 5.69 Å². The van der Waals surface area contributed by atoms with Gasteiger partial charge >= 0.3 is 11.9 Å². The number of rotatable bonds is 5. The summed E-state index contributed by atoms with van der Waals surface area (Å²) in [6.45, 7) is 5.38. The Balaban J connectivity index is 1.71. The Hall–Kier alpha value is -3.15. The highest BCUT2D eigenvalue weighted by Crippen LogP contribution is 2.27. The number of cyclic esters (lactones) is 2. The van der Waals surface area contributed by atoms with Gasteiger partial charge in [0.1, 0.15) is 12.4 Å². The summed E-state index contributed by atoms with van der Waals surface area (Å²) in [7, 11) is 0. The maximum absolute atomic E-state index is 12.0. The second-order valence-electron chi connectivity index (χ2n) is 6.72. The van der Waals surface area contributed by atoms with E-state index in [-0.39, 0.29) is 0 Å². The zero-order valence-electron chi connectivity index (χ0n) is 15.5. The van der Waals surface area contributed by atoms with Crippen molar-refractivity contribution in [3.63, 3.8) is 0 Å². The zero-order chi connectivity index (χ0) is 19.4. The lowest BCUT2D eigenvalue weighted by molar-refractivity contribution is -0.235. The van der Waals surface area contributed by atoms with Gasteiger partial charge in [0.15, 0.2) is 5.92 Å². The van der Waals surface area contributed by atoms with Gasteiger partial charge in [-0.3, -0.25) is 14.6 Å². The molecule has 3 rings (SSSR count). The minimum absolute atomic E-state index is 0.436. The minimum atomic E-state index is -1.25. The summed E-state index contributed by atoms with van der Waals surface area (Å²) in [5.41, 5.74) is 2.58. The van der Waals surface area contributed by atoms with Crippen molar-refractivity contribution in [3.8, 4) is 5.75 Å². The van der Waals surface area contributed by atoms with E-state index in [1.54, 1.807) is 12.1 Å². The molecule has 0 saturated carbocycles. The molecule has 0 N–H and O–H groups in total. The molecule has 6 nitrogen and oxygen atoms in total. The number of esters is 2. The summed E-state index contributed by atoms with van der Waals surface area (Å²) >= 11 is 0. The van der Waals surface area contributed by atoms with E-state index in [1.807, 2.05) is 43.3 Å². The standard InChI is InChI=1S/C21H21NO5/c1-14-9-10-16(11-18(14)25-13-15-7-5-4-6-8-15)22-12-17-19(23)26-21(2,3)27-20(17)24/h4-12,17H,13H2,1-3H3/b22-12+. The van der Waals surface area contributed by atoms with Gasteiger partial charge in [-0.25, -0.2) is 0 Å². The number of carbonyl (C=O) groups is 2. The first-order chi connectivity index (χ1) is 12.8. The molecule has 0 aliphatic carbocycles. The smallest absolute Gasteiger partial charge is 0.329 e. The molecule has 1 aliphatic heterocycles. The molecule has 0 unspecified atom stereocenters. The third-order valence-electron chi connectivity index (χ3n) is 3.98. The summed E-state index contributed by atoms with van der Waals surface area (Å²) in [4.78, 5) is 28.2. The van der Waals surface area contributed by atoms with Crippen LogP contribution in [-0.4, -0.2) is 23.9 Å². The van der Waals surface area contributed by atoms with Crippen LogP contribution in [0.15, 0.2) is 53.5 Å². The van der Waals surface area contributed by atoms with Gasteiger partial charge in [0.05, 0.1) is 5.69 Å². The molecular weight excluding hydrogens is 346 g/mol. The summed E-state index contributed by atoms with van der Waals surface area (Å²) < 4.78 is 16.0. The SMILES string of the molecule is Cc1ccc(/N=C/C2C(=O)OC(C)(C)OC2=O)cc1OCc1ccccc1. The Labute approximate surface area is 157 Å². The molecule has 0 spiro atoms. The second kappa shape index (κ2) is 7.61. The van der Waals surface area contributed by atoms with Crippen LogP contribution in [0.5, 0.6) is 5.75 Å². The Bertz CT molecular complexity index is 853. The highest BCUT2D eigenvalue weighted by Gasteiger charge is 2.42. The third kappa shape index (κ3) is 4.73. The first kappa shape index (κ1) is 18.6. The molecule has 1 aliphatic rings. The number of benzene rings is 2. The van der Waals surface area contributed by atoms with Crippen LogP contribution in [0.2, 0.25) is 0 Å². The van der Waals surface area contributed by atoms with Gasteiger partial charge in [0, 0.05) is 26.1 Å². The number of ether oxygens (including phenoxy) is 3. The molecule has 0 radical (unpaired) electrons. The van der Waals surface area contributed by atoms with Gasteiger partial charge in [0.2, 0.25) is 0 Å². The Morgan fingerprint density at radius 3 is 2.41 bits per heavy atom. The maximum atomic E-state index is 12.0. The van der Waals surface area contributed by atoms with Gasteiger partial charge in [0.25, 0.3) is 5.79 Å². The van der Waals surface area contributed by atoms with Crippen molar-refractivity contribution in [1.29, 1.82) is 0 Å². The highest BCUT2D eigenvalue weighted by atomic mass is 16.7. The fourth-order valence-electron chi connectivity index (χ4n) is 2.57. The van der Waals surface area contributed by atoms with Crippen LogP contribution >= 0.6 is 0 Å². The molecule has 0 bridgehead atoms. The Morgan fingerprint density at radius 1 is 1.07 bits per heavy atom. The van der Waals surface area contributed by atoms with Crippen molar-refractivity contribution in [2.45, 2.75) is 33.2 Å². The van der Waals surface area contributed by atoms with E-state index in [4.69, 9.17) is 14.2 Å². The molecule has 6 heteroatoms. The third-order valence-corrected chi connectivity index (χ3v) is 3.98. The molecule has 1 saturated heterocycles. The molecule has 0 atom stereocenters. The van der Waals surface area contributed by atoms with Gasteiger partial charge in [-0.1, -0.05) is 36.4 Å². The molecule has 1 heterocycles. The van der Waals surface area contributed by atoms with E-state index in [1.165, 1.54) is 20.1 Å². The van der Waals surface area contributed by atoms with Crippen LogP contribution in [0.1, 0.15) is 25.0 Å². The molecule has 0 amide bonds. The van der Waals surface area contributed by atoms with Gasteiger partial charge in [-0.15, -0.1) is 0 Å². The number of nitrogens with zero attached hydrogens (tertiary/aromatic N) is 1. The largest absolute Gasteiger partial charge is 0.489 e. The molecule has 27 heavy (non-hydrogen) atoms. The first-order valence-electron chi connectivity index (χ1n) is 8.61.